The van der Waals surface area contributed by atoms with Crippen LogP contribution in [0.2, 0.25) is 0 Å². The third-order valence-electron chi connectivity index (χ3n) is 4.13. The molecular formula is C22H22N2O5. The van der Waals surface area contributed by atoms with Gasteiger partial charge >= 0.3 is 11.9 Å². The summed E-state index contributed by atoms with van der Waals surface area (Å²) >= 11 is 0. The number of carbonyl (C=O) groups excluding carboxylic acids is 3. The monoisotopic (exact) mass is 394 g/mol. The summed E-state index contributed by atoms with van der Waals surface area (Å²) in [7, 11) is 0. The first-order chi connectivity index (χ1) is 13.8. The van der Waals surface area contributed by atoms with Crippen molar-refractivity contribution in [3.05, 3.63) is 71.9 Å². The van der Waals surface area contributed by atoms with Crippen molar-refractivity contribution in [1.82, 2.24) is 0 Å². The average Bonchev–Trinajstić information content (AvgIpc) is 2.66. The number of ether oxygens (including phenoxy) is 2. The summed E-state index contributed by atoms with van der Waals surface area (Å²) in [6.07, 6.45) is 2.24. The SMILES string of the molecule is CC1(C)OC(=O)C(=CNc2cccc(NC(=O)CCc3ccccc3)c2)C(=O)O1. The molecule has 150 valence electrons. The van der Waals surface area contributed by atoms with Crippen molar-refractivity contribution in [2.75, 3.05) is 10.6 Å². The van der Waals surface area contributed by atoms with E-state index in [-0.39, 0.29) is 11.5 Å². The summed E-state index contributed by atoms with van der Waals surface area (Å²) in [5.74, 6) is -2.91. The lowest BCUT2D eigenvalue weighted by Crippen LogP contribution is -2.42. The summed E-state index contributed by atoms with van der Waals surface area (Å²) in [6.45, 7) is 2.97. The molecule has 0 bridgehead atoms. The van der Waals surface area contributed by atoms with Crippen LogP contribution in [0, 0.1) is 0 Å². The topological polar surface area (TPSA) is 93.7 Å². The molecule has 2 aromatic rings. The zero-order valence-electron chi connectivity index (χ0n) is 16.2. The van der Waals surface area contributed by atoms with Crippen LogP contribution >= 0.6 is 0 Å². The molecule has 1 fully saturated rings. The number of cyclic esters (lactones) is 2. The van der Waals surface area contributed by atoms with E-state index in [1.807, 2.05) is 30.3 Å². The lowest BCUT2D eigenvalue weighted by Gasteiger charge is -2.29. The van der Waals surface area contributed by atoms with Gasteiger partial charge in [0, 0.05) is 37.8 Å². The van der Waals surface area contributed by atoms with Crippen molar-refractivity contribution in [2.24, 2.45) is 0 Å². The third kappa shape index (κ3) is 5.68. The molecule has 0 saturated carbocycles. The maximum atomic E-state index is 12.2. The van der Waals surface area contributed by atoms with Gasteiger partial charge in [-0.1, -0.05) is 36.4 Å². The molecule has 0 radical (unpaired) electrons. The molecule has 0 atom stereocenters. The first-order valence-corrected chi connectivity index (χ1v) is 9.20. The van der Waals surface area contributed by atoms with Crippen molar-refractivity contribution < 1.29 is 23.9 Å². The Balaban J connectivity index is 1.59. The smallest absolute Gasteiger partial charge is 0.350 e. The Morgan fingerprint density at radius 1 is 0.966 bits per heavy atom. The third-order valence-corrected chi connectivity index (χ3v) is 4.13. The molecule has 0 unspecified atom stereocenters. The number of benzene rings is 2. The van der Waals surface area contributed by atoms with Crippen molar-refractivity contribution in [2.45, 2.75) is 32.5 Å². The van der Waals surface area contributed by atoms with Gasteiger partial charge in [0.2, 0.25) is 5.91 Å². The molecule has 1 amide bonds. The first-order valence-electron chi connectivity index (χ1n) is 9.20. The van der Waals surface area contributed by atoms with Crippen molar-refractivity contribution in [3.8, 4) is 0 Å². The van der Waals surface area contributed by atoms with Crippen LogP contribution in [0.4, 0.5) is 11.4 Å². The molecule has 2 aromatic carbocycles. The second kappa shape index (κ2) is 8.60. The highest BCUT2D eigenvalue weighted by Crippen LogP contribution is 2.23. The second-order valence-corrected chi connectivity index (χ2v) is 7.00. The van der Waals surface area contributed by atoms with Gasteiger partial charge in [0.1, 0.15) is 0 Å². The maximum absolute atomic E-state index is 12.2. The number of rotatable bonds is 6. The lowest BCUT2D eigenvalue weighted by molar-refractivity contribution is -0.222. The fourth-order valence-corrected chi connectivity index (χ4v) is 2.75. The predicted molar refractivity (Wildman–Crippen MR) is 108 cm³/mol. The molecule has 0 spiro atoms. The number of anilines is 2. The Hall–Kier alpha value is -3.61. The van der Waals surface area contributed by atoms with E-state index >= 15 is 0 Å². The zero-order valence-corrected chi connectivity index (χ0v) is 16.2. The largest absolute Gasteiger partial charge is 0.419 e. The van der Waals surface area contributed by atoms with E-state index in [0.29, 0.717) is 24.2 Å². The Labute approximate surface area is 168 Å². The van der Waals surface area contributed by atoms with Crippen LogP contribution in [0.25, 0.3) is 0 Å². The molecule has 29 heavy (non-hydrogen) atoms. The number of aryl methyl sites for hydroxylation is 1. The van der Waals surface area contributed by atoms with Gasteiger partial charge in [0.05, 0.1) is 0 Å². The Kier molecular flexibility index (Phi) is 5.97. The standard InChI is InChI=1S/C22H22N2O5/c1-22(2)28-20(26)18(21(27)29-22)14-23-16-9-6-10-17(13-16)24-19(25)12-11-15-7-4-3-5-8-15/h3-10,13-14,23H,11-12H2,1-2H3,(H,24,25). The van der Waals surface area contributed by atoms with Crippen molar-refractivity contribution >= 4 is 29.2 Å². The second-order valence-electron chi connectivity index (χ2n) is 7.00. The van der Waals surface area contributed by atoms with Crippen LogP contribution in [-0.2, 0) is 30.3 Å². The first kappa shape index (κ1) is 20.1. The molecule has 3 rings (SSSR count). The number of hydrogen-bond donors (Lipinski definition) is 2. The molecule has 7 nitrogen and oxygen atoms in total. The van der Waals surface area contributed by atoms with Gasteiger partial charge in [-0.3, -0.25) is 4.79 Å². The van der Waals surface area contributed by atoms with E-state index < -0.39 is 17.7 Å². The van der Waals surface area contributed by atoms with Crippen LogP contribution in [0.3, 0.4) is 0 Å². The molecule has 1 heterocycles. The number of carbonyl (C=O) groups is 3. The van der Waals surface area contributed by atoms with Crippen LogP contribution in [-0.4, -0.2) is 23.6 Å². The molecule has 7 heteroatoms. The summed E-state index contributed by atoms with van der Waals surface area (Å²) in [5.41, 5.74) is 2.05. The van der Waals surface area contributed by atoms with E-state index in [0.717, 1.165) is 5.56 Å². The van der Waals surface area contributed by atoms with E-state index in [1.165, 1.54) is 20.0 Å². The zero-order chi connectivity index (χ0) is 20.9. The van der Waals surface area contributed by atoms with Gasteiger partial charge in [-0.05, 0) is 30.2 Å². The quantitative estimate of drug-likeness (QED) is 0.443. The van der Waals surface area contributed by atoms with Crippen LogP contribution < -0.4 is 10.6 Å². The Morgan fingerprint density at radius 2 is 1.62 bits per heavy atom. The Morgan fingerprint density at radius 3 is 2.31 bits per heavy atom. The average molecular weight is 394 g/mol. The van der Waals surface area contributed by atoms with Crippen LogP contribution in [0.1, 0.15) is 25.8 Å². The fraction of sp³-hybridized carbons (Fsp3) is 0.227. The highest BCUT2D eigenvalue weighted by atomic mass is 16.7. The number of amides is 1. The van der Waals surface area contributed by atoms with E-state index in [2.05, 4.69) is 10.6 Å². The van der Waals surface area contributed by atoms with Crippen molar-refractivity contribution in [1.29, 1.82) is 0 Å². The summed E-state index contributed by atoms with van der Waals surface area (Å²) in [6, 6.07) is 16.7. The summed E-state index contributed by atoms with van der Waals surface area (Å²) in [5, 5.41) is 5.69. The van der Waals surface area contributed by atoms with E-state index in [4.69, 9.17) is 9.47 Å². The minimum absolute atomic E-state index is 0.106. The number of hydrogen-bond acceptors (Lipinski definition) is 6. The highest BCUT2D eigenvalue weighted by Gasteiger charge is 2.38. The van der Waals surface area contributed by atoms with E-state index in [1.54, 1.807) is 24.3 Å². The Bertz CT molecular complexity index is 929. The van der Waals surface area contributed by atoms with Gasteiger partial charge in [-0.2, -0.15) is 0 Å². The molecule has 0 aliphatic carbocycles. The summed E-state index contributed by atoms with van der Waals surface area (Å²) < 4.78 is 10.1. The van der Waals surface area contributed by atoms with Gasteiger partial charge in [-0.25, -0.2) is 9.59 Å². The molecule has 1 aliphatic heterocycles. The minimum Gasteiger partial charge on any atom is -0.419 e. The van der Waals surface area contributed by atoms with Crippen LogP contribution in [0.5, 0.6) is 0 Å². The number of esters is 2. The predicted octanol–water partition coefficient (Wildman–Crippen LogP) is 3.39. The van der Waals surface area contributed by atoms with Crippen LogP contribution in [0.15, 0.2) is 66.4 Å². The molecule has 0 aromatic heterocycles. The minimum atomic E-state index is -1.28. The van der Waals surface area contributed by atoms with Gasteiger partial charge in [0.25, 0.3) is 5.79 Å². The normalized spacial score (nSPS) is 15.2. The van der Waals surface area contributed by atoms with Gasteiger partial charge < -0.3 is 20.1 Å². The fourth-order valence-electron chi connectivity index (χ4n) is 2.75. The molecule has 1 aliphatic rings. The molecule has 1 saturated heterocycles. The molecular weight excluding hydrogens is 372 g/mol. The van der Waals surface area contributed by atoms with Crippen molar-refractivity contribution in [3.63, 3.8) is 0 Å². The molecule has 2 N–H and O–H groups in total. The van der Waals surface area contributed by atoms with Gasteiger partial charge in [-0.15, -0.1) is 0 Å². The van der Waals surface area contributed by atoms with Gasteiger partial charge in [0.15, 0.2) is 5.57 Å². The summed E-state index contributed by atoms with van der Waals surface area (Å²) in [4.78, 5) is 36.1. The van der Waals surface area contributed by atoms with E-state index in [9.17, 15) is 14.4 Å². The number of nitrogens with one attached hydrogen (secondary N) is 2. The lowest BCUT2D eigenvalue weighted by atomic mass is 10.1. The highest BCUT2D eigenvalue weighted by molar-refractivity contribution is 6.15. The maximum Gasteiger partial charge on any atom is 0.350 e.